The van der Waals surface area contributed by atoms with Crippen LogP contribution in [0.5, 0.6) is 0 Å². The van der Waals surface area contributed by atoms with Gasteiger partial charge in [0.25, 0.3) is 5.91 Å². The zero-order valence-electron chi connectivity index (χ0n) is 16.2. The minimum absolute atomic E-state index is 0.128. The summed E-state index contributed by atoms with van der Waals surface area (Å²) in [4.78, 5) is 20.0. The highest BCUT2D eigenvalue weighted by Gasteiger charge is 2.27. The molecule has 1 aliphatic heterocycles. The van der Waals surface area contributed by atoms with Crippen molar-refractivity contribution in [1.29, 1.82) is 0 Å². The monoisotopic (exact) mass is 361 g/mol. The lowest BCUT2D eigenvalue weighted by molar-refractivity contribution is 0.0682. The van der Waals surface area contributed by atoms with Gasteiger partial charge in [-0.15, -0.1) is 0 Å². The second-order valence-corrected chi connectivity index (χ2v) is 7.62. The van der Waals surface area contributed by atoms with Gasteiger partial charge in [-0.25, -0.2) is 4.98 Å². The van der Waals surface area contributed by atoms with Crippen molar-refractivity contribution in [2.45, 2.75) is 39.5 Å². The molecule has 0 saturated carbocycles. The number of carbonyl (C=O) groups excluding carboxylic acids is 1. The van der Waals surface area contributed by atoms with Crippen LogP contribution in [-0.2, 0) is 12.8 Å². The van der Waals surface area contributed by atoms with Gasteiger partial charge in [0.2, 0.25) is 0 Å². The topological polar surface area (TPSA) is 37.6 Å². The Morgan fingerprint density at radius 3 is 2.56 bits per heavy atom. The van der Waals surface area contributed by atoms with Crippen LogP contribution in [0.1, 0.15) is 47.1 Å². The van der Waals surface area contributed by atoms with Crippen LogP contribution in [-0.4, -0.2) is 33.3 Å². The van der Waals surface area contributed by atoms with Crippen LogP contribution in [0, 0.1) is 12.8 Å². The Labute approximate surface area is 160 Å². The van der Waals surface area contributed by atoms with Crippen molar-refractivity contribution in [2.24, 2.45) is 5.92 Å². The number of aryl methyl sites for hydroxylation is 2. The predicted octanol–water partition coefficient (Wildman–Crippen LogP) is 4.30. The summed E-state index contributed by atoms with van der Waals surface area (Å²) in [6, 6.07) is 14.7. The number of hydrogen-bond acceptors (Lipinski definition) is 2. The zero-order valence-corrected chi connectivity index (χ0v) is 16.2. The van der Waals surface area contributed by atoms with E-state index >= 15 is 0 Å². The van der Waals surface area contributed by atoms with E-state index < -0.39 is 0 Å². The molecule has 3 aromatic rings. The van der Waals surface area contributed by atoms with E-state index in [-0.39, 0.29) is 5.91 Å². The number of hydrogen-bond donors (Lipinski definition) is 0. The van der Waals surface area contributed by atoms with Gasteiger partial charge in [-0.1, -0.05) is 43.3 Å². The third-order valence-corrected chi connectivity index (χ3v) is 5.65. The van der Waals surface area contributed by atoms with E-state index in [1.165, 1.54) is 5.56 Å². The number of pyridine rings is 1. The smallest absolute Gasteiger partial charge is 0.272 e. The average molecular weight is 361 g/mol. The zero-order chi connectivity index (χ0) is 18.8. The Morgan fingerprint density at radius 1 is 1.11 bits per heavy atom. The Balaban J connectivity index is 1.50. The molecule has 140 valence electrons. The molecule has 4 rings (SSSR count). The van der Waals surface area contributed by atoms with E-state index in [0.717, 1.165) is 61.4 Å². The standard InChI is InChI=1S/C23H27N3O/c1-3-20-22(26-16-17(2)9-10-21(26)24-20)23(27)25-13-11-19(12-14-25)15-18-7-5-4-6-8-18/h4-10,16,19H,3,11-15H2,1-2H3. The summed E-state index contributed by atoms with van der Waals surface area (Å²) in [7, 11) is 0. The maximum atomic E-state index is 13.3. The van der Waals surface area contributed by atoms with Crippen molar-refractivity contribution < 1.29 is 4.79 Å². The van der Waals surface area contributed by atoms with Gasteiger partial charge < -0.3 is 4.90 Å². The summed E-state index contributed by atoms with van der Waals surface area (Å²) in [6.07, 6.45) is 6.04. The number of piperidine rings is 1. The van der Waals surface area contributed by atoms with Gasteiger partial charge in [0.1, 0.15) is 11.3 Å². The number of rotatable bonds is 4. The molecule has 1 fully saturated rings. The lowest BCUT2D eigenvalue weighted by atomic mass is 9.90. The first-order valence-electron chi connectivity index (χ1n) is 9.96. The highest BCUT2D eigenvalue weighted by Crippen LogP contribution is 2.24. The van der Waals surface area contributed by atoms with E-state index in [1.807, 2.05) is 34.6 Å². The van der Waals surface area contributed by atoms with Gasteiger partial charge in [-0.05, 0) is 55.7 Å². The second-order valence-electron chi connectivity index (χ2n) is 7.62. The summed E-state index contributed by atoms with van der Waals surface area (Å²) in [6.45, 7) is 5.78. The van der Waals surface area contributed by atoms with Gasteiger partial charge >= 0.3 is 0 Å². The molecular formula is C23H27N3O. The van der Waals surface area contributed by atoms with Gasteiger partial charge in [-0.3, -0.25) is 9.20 Å². The van der Waals surface area contributed by atoms with Crippen molar-refractivity contribution >= 4 is 11.6 Å². The third kappa shape index (κ3) is 3.61. The second kappa shape index (κ2) is 7.55. The van der Waals surface area contributed by atoms with Gasteiger partial charge in [-0.2, -0.15) is 0 Å². The molecule has 0 unspecified atom stereocenters. The minimum atomic E-state index is 0.128. The number of amides is 1. The molecule has 1 aromatic carbocycles. The van der Waals surface area contributed by atoms with Crippen LogP contribution in [0.2, 0.25) is 0 Å². The summed E-state index contributed by atoms with van der Waals surface area (Å²) >= 11 is 0. The molecule has 2 aromatic heterocycles. The number of aromatic nitrogens is 2. The molecule has 0 radical (unpaired) electrons. The summed E-state index contributed by atoms with van der Waals surface area (Å²) in [5, 5.41) is 0. The summed E-state index contributed by atoms with van der Waals surface area (Å²) in [5.74, 6) is 0.787. The van der Waals surface area contributed by atoms with Crippen LogP contribution in [0.4, 0.5) is 0 Å². The number of nitrogens with zero attached hydrogens (tertiary/aromatic N) is 3. The van der Waals surface area contributed by atoms with Crippen LogP contribution >= 0.6 is 0 Å². The highest BCUT2D eigenvalue weighted by atomic mass is 16.2. The lowest BCUT2D eigenvalue weighted by Gasteiger charge is -2.32. The number of imidazole rings is 1. The van der Waals surface area contributed by atoms with Crippen molar-refractivity contribution in [3.05, 3.63) is 71.2 Å². The number of carbonyl (C=O) groups is 1. The fourth-order valence-corrected chi connectivity index (χ4v) is 4.11. The predicted molar refractivity (Wildman–Crippen MR) is 108 cm³/mol. The van der Waals surface area contributed by atoms with Gasteiger partial charge in [0.15, 0.2) is 0 Å². The van der Waals surface area contributed by atoms with Crippen LogP contribution in [0.3, 0.4) is 0 Å². The number of benzene rings is 1. The van der Waals surface area contributed by atoms with Crippen molar-refractivity contribution in [3.8, 4) is 0 Å². The van der Waals surface area contributed by atoms with Crippen LogP contribution in [0.15, 0.2) is 48.7 Å². The third-order valence-electron chi connectivity index (χ3n) is 5.65. The number of likely N-dealkylation sites (tertiary alicyclic amines) is 1. The molecule has 1 saturated heterocycles. The quantitative estimate of drug-likeness (QED) is 0.695. The Bertz CT molecular complexity index is 937. The molecule has 0 atom stereocenters. The van der Waals surface area contributed by atoms with E-state index in [0.29, 0.717) is 5.92 Å². The molecule has 0 N–H and O–H groups in total. The molecule has 3 heterocycles. The first kappa shape index (κ1) is 17.8. The largest absolute Gasteiger partial charge is 0.337 e. The maximum Gasteiger partial charge on any atom is 0.272 e. The molecule has 0 spiro atoms. The first-order valence-corrected chi connectivity index (χ1v) is 9.96. The minimum Gasteiger partial charge on any atom is -0.337 e. The number of fused-ring (bicyclic) bond motifs is 1. The Kier molecular flexibility index (Phi) is 4.97. The normalized spacial score (nSPS) is 15.4. The molecule has 1 amide bonds. The van der Waals surface area contributed by atoms with Crippen LogP contribution < -0.4 is 0 Å². The first-order chi connectivity index (χ1) is 13.2. The van der Waals surface area contributed by atoms with Crippen molar-refractivity contribution in [3.63, 3.8) is 0 Å². The van der Waals surface area contributed by atoms with Crippen LogP contribution in [0.25, 0.3) is 5.65 Å². The van der Waals surface area contributed by atoms with Gasteiger partial charge in [0.05, 0.1) is 5.69 Å². The van der Waals surface area contributed by atoms with E-state index in [2.05, 4.69) is 42.2 Å². The summed E-state index contributed by atoms with van der Waals surface area (Å²) < 4.78 is 1.98. The molecule has 4 heteroatoms. The van der Waals surface area contributed by atoms with E-state index in [1.54, 1.807) is 0 Å². The van der Waals surface area contributed by atoms with E-state index in [4.69, 9.17) is 0 Å². The molecule has 27 heavy (non-hydrogen) atoms. The molecule has 1 aliphatic rings. The fraction of sp³-hybridized carbons (Fsp3) is 0.391. The van der Waals surface area contributed by atoms with Gasteiger partial charge in [0, 0.05) is 19.3 Å². The Morgan fingerprint density at radius 2 is 1.85 bits per heavy atom. The highest BCUT2D eigenvalue weighted by molar-refractivity contribution is 5.94. The lowest BCUT2D eigenvalue weighted by Crippen LogP contribution is -2.39. The SMILES string of the molecule is CCc1nc2ccc(C)cn2c1C(=O)N1CCC(Cc2ccccc2)CC1. The van der Waals surface area contributed by atoms with Crippen molar-refractivity contribution in [1.82, 2.24) is 14.3 Å². The molecule has 0 aliphatic carbocycles. The fourth-order valence-electron chi connectivity index (χ4n) is 4.11. The molecular weight excluding hydrogens is 334 g/mol. The maximum absolute atomic E-state index is 13.3. The molecule has 0 bridgehead atoms. The van der Waals surface area contributed by atoms with Crippen molar-refractivity contribution in [2.75, 3.05) is 13.1 Å². The average Bonchev–Trinajstić information content (AvgIpc) is 3.06. The molecule has 4 nitrogen and oxygen atoms in total. The van der Waals surface area contributed by atoms with E-state index in [9.17, 15) is 4.79 Å². The Hall–Kier alpha value is -2.62. The summed E-state index contributed by atoms with van der Waals surface area (Å²) in [5.41, 5.74) is 5.04.